The first-order chi connectivity index (χ1) is 11.8. The van der Waals surface area contributed by atoms with Crippen LogP contribution in [0, 0.1) is 0 Å². The van der Waals surface area contributed by atoms with Gasteiger partial charge in [0, 0.05) is 12.7 Å². The highest BCUT2D eigenvalue weighted by Crippen LogP contribution is 2.22. The van der Waals surface area contributed by atoms with Crippen molar-refractivity contribution in [1.82, 2.24) is 5.32 Å². The van der Waals surface area contributed by atoms with E-state index in [9.17, 15) is 9.59 Å². The first-order valence-electron chi connectivity index (χ1n) is 8.35. The van der Waals surface area contributed by atoms with Gasteiger partial charge >= 0.3 is 5.97 Å². The van der Waals surface area contributed by atoms with Crippen molar-refractivity contribution in [2.45, 2.75) is 38.6 Å². The number of nitrogens with one attached hydrogen (secondary N) is 1. The zero-order valence-corrected chi connectivity index (χ0v) is 16.6. The lowest BCUT2D eigenvalue weighted by atomic mass is 9.86. The van der Waals surface area contributed by atoms with E-state index in [-0.39, 0.29) is 17.9 Å². The molecular weight excluding hydrogens is 338 g/mol. The van der Waals surface area contributed by atoms with Crippen LogP contribution in [0.5, 0.6) is 0 Å². The average molecular weight is 368 g/mol. The summed E-state index contributed by atoms with van der Waals surface area (Å²) in [6.07, 6.45) is 2.49. The van der Waals surface area contributed by atoms with E-state index in [1.54, 1.807) is 31.0 Å². The SMILES string of the molecule is COCCOC(=O)C(CCSC)NC(=O)c1ccc(C(C)(C)C)cc1. The molecule has 0 fully saturated rings. The average Bonchev–Trinajstić information content (AvgIpc) is 2.57. The van der Waals surface area contributed by atoms with E-state index < -0.39 is 12.0 Å². The molecule has 1 N–H and O–H groups in total. The van der Waals surface area contributed by atoms with Gasteiger partial charge in [-0.2, -0.15) is 11.8 Å². The summed E-state index contributed by atoms with van der Waals surface area (Å²) in [5.41, 5.74) is 1.72. The molecule has 0 heterocycles. The van der Waals surface area contributed by atoms with Gasteiger partial charge in [0.25, 0.3) is 5.91 Å². The monoisotopic (exact) mass is 367 g/mol. The van der Waals surface area contributed by atoms with E-state index >= 15 is 0 Å². The number of rotatable bonds is 9. The number of amides is 1. The molecule has 0 aliphatic rings. The zero-order valence-electron chi connectivity index (χ0n) is 15.8. The van der Waals surface area contributed by atoms with Gasteiger partial charge in [-0.1, -0.05) is 32.9 Å². The summed E-state index contributed by atoms with van der Waals surface area (Å²) in [6, 6.07) is 6.82. The minimum Gasteiger partial charge on any atom is -0.462 e. The van der Waals surface area contributed by atoms with Crippen molar-refractivity contribution < 1.29 is 19.1 Å². The van der Waals surface area contributed by atoms with Crippen LogP contribution in [0.1, 0.15) is 43.1 Å². The van der Waals surface area contributed by atoms with Crippen molar-refractivity contribution in [1.29, 1.82) is 0 Å². The molecule has 0 spiro atoms. The van der Waals surface area contributed by atoms with Crippen LogP contribution in [0.25, 0.3) is 0 Å². The molecule has 1 aromatic rings. The second kappa shape index (κ2) is 10.5. The van der Waals surface area contributed by atoms with Gasteiger partial charge in [-0.3, -0.25) is 4.79 Å². The van der Waals surface area contributed by atoms with E-state index in [0.717, 1.165) is 11.3 Å². The molecule has 0 aromatic heterocycles. The molecule has 0 bridgehead atoms. The normalized spacial score (nSPS) is 12.5. The molecule has 6 heteroatoms. The Morgan fingerprint density at radius 3 is 2.32 bits per heavy atom. The second-order valence-corrected chi connectivity index (χ2v) is 7.78. The molecule has 0 saturated heterocycles. The van der Waals surface area contributed by atoms with Crippen LogP contribution in [0.15, 0.2) is 24.3 Å². The standard InChI is InChI=1S/C19H29NO4S/c1-19(2,3)15-8-6-14(7-9-15)17(21)20-16(10-13-25-5)18(22)24-12-11-23-4/h6-9,16H,10-13H2,1-5H3,(H,20,21). The van der Waals surface area contributed by atoms with Crippen molar-refractivity contribution in [2.75, 3.05) is 32.3 Å². The third-order valence-electron chi connectivity index (χ3n) is 3.75. The van der Waals surface area contributed by atoms with Crippen molar-refractivity contribution >= 4 is 23.6 Å². The first-order valence-corrected chi connectivity index (χ1v) is 9.75. The van der Waals surface area contributed by atoms with E-state index in [1.807, 2.05) is 18.4 Å². The third kappa shape index (κ3) is 7.48. The second-order valence-electron chi connectivity index (χ2n) is 6.80. The number of benzene rings is 1. The van der Waals surface area contributed by atoms with Gasteiger partial charge in [-0.15, -0.1) is 0 Å². The molecule has 0 aliphatic carbocycles. The lowest BCUT2D eigenvalue weighted by Gasteiger charge is -2.20. The number of carbonyl (C=O) groups excluding carboxylic acids is 2. The topological polar surface area (TPSA) is 64.6 Å². The number of methoxy groups -OCH3 is 1. The molecule has 1 atom stereocenters. The number of hydrogen-bond acceptors (Lipinski definition) is 5. The fourth-order valence-corrected chi connectivity index (χ4v) is 2.65. The third-order valence-corrected chi connectivity index (χ3v) is 4.39. The Bertz CT molecular complexity index is 552. The quantitative estimate of drug-likeness (QED) is 0.537. The molecule has 0 aliphatic heterocycles. The van der Waals surface area contributed by atoms with E-state index in [4.69, 9.17) is 9.47 Å². The Morgan fingerprint density at radius 1 is 1.16 bits per heavy atom. The van der Waals surface area contributed by atoms with Crippen LogP contribution in [0.2, 0.25) is 0 Å². The summed E-state index contributed by atoms with van der Waals surface area (Å²) < 4.78 is 10.0. The maximum absolute atomic E-state index is 12.5. The van der Waals surface area contributed by atoms with Crippen LogP contribution < -0.4 is 5.32 Å². The predicted molar refractivity (Wildman–Crippen MR) is 102 cm³/mol. The van der Waals surface area contributed by atoms with E-state index in [2.05, 4.69) is 26.1 Å². The minimum absolute atomic E-state index is 0.0288. The summed E-state index contributed by atoms with van der Waals surface area (Å²) in [5.74, 6) is 0.0637. The number of ether oxygens (including phenoxy) is 2. The van der Waals surface area contributed by atoms with Crippen LogP contribution in [-0.4, -0.2) is 50.3 Å². The molecule has 1 aromatic carbocycles. The zero-order chi connectivity index (χ0) is 18.9. The van der Waals surface area contributed by atoms with Crippen molar-refractivity contribution in [3.63, 3.8) is 0 Å². The van der Waals surface area contributed by atoms with Gasteiger partial charge in [0.2, 0.25) is 0 Å². The summed E-state index contributed by atoms with van der Waals surface area (Å²) in [4.78, 5) is 24.6. The van der Waals surface area contributed by atoms with Gasteiger partial charge in [0.15, 0.2) is 0 Å². The Labute approximate surface area is 154 Å². The van der Waals surface area contributed by atoms with Gasteiger partial charge in [-0.05, 0) is 41.5 Å². The molecule has 25 heavy (non-hydrogen) atoms. The summed E-state index contributed by atoms with van der Waals surface area (Å²) >= 11 is 1.62. The minimum atomic E-state index is -0.654. The maximum atomic E-state index is 12.5. The number of hydrogen-bond donors (Lipinski definition) is 1. The van der Waals surface area contributed by atoms with E-state index in [0.29, 0.717) is 18.6 Å². The highest BCUT2D eigenvalue weighted by atomic mass is 32.2. The molecule has 5 nitrogen and oxygen atoms in total. The van der Waals surface area contributed by atoms with Crippen LogP contribution >= 0.6 is 11.8 Å². The molecule has 1 rings (SSSR count). The number of thioether (sulfide) groups is 1. The van der Waals surface area contributed by atoms with Crippen LogP contribution in [0.3, 0.4) is 0 Å². The van der Waals surface area contributed by atoms with Gasteiger partial charge in [0.1, 0.15) is 12.6 Å². The van der Waals surface area contributed by atoms with E-state index in [1.165, 1.54) is 0 Å². The van der Waals surface area contributed by atoms with Crippen molar-refractivity contribution in [3.8, 4) is 0 Å². The summed E-state index contributed by atoms with van der Waals surface area (Å²) in [5, 5.41) is 2.79. The molecule has 0 saturated carbocycles. The fourth-order valence-electron chi connectivity index (χ4n) is 2.17. The molecule has 1 unspecified atom stereocenters. The fraction of sp³-hybridized carbons (Fsp3) is 0.579. The summed E-state index contributed by atoms with van der Waals surface area (Å²) in [7, 11) is 1.54. The molecule has 1 amide bonds. The summed E-state index contributed by atoms with van der Waals surface area (Å²) in [6.45, 7) is 6.88. The Hall–Kier alpha value is -1.53. The lowest BCUT2D eigenvalue weighted by Crippen LogP contribution is -2.42. The Morgan fingerprint density at radius 2 is 1.80 bits per heavy atom. The van der Waals surface area contributed by atoms with Crippen molar-refractivity contribution in [3.05, 3.63) is 35.4 Å². The predicted octanol–water partition coefficient (Wildman–Crippen LogP) is 3.03. The molecule has 0 radical (unpaired) electrons. The van der Waals surface area contributed by atoms with Gasteiger partial charge in [-0.25, -0.2) is 4.79 Å². The largest absolute Gasteiger partial charge is 0.462 e. The lowest BCUT2D eigenvalue weighted by molar-refractivity contribution is -0.147. The smallest absolute Gasteiger partial charge is 0.328 e. The first kappa shape index (κ1) is 21.5. The van der Waals surface area contributed by atoms with Gasteiger partial charge in [0.05, 0.1) is 6.61 Å². The number of esters is 1. The van der Waals surface area contributed by atoms with Crippen molar-refractivity contribution in [2.24, 2.45) is 0 Å². The maximum Gasteiger partial charge on any atom is 0.328 e. The molecular formula is C19H29NO4S. The highest BCUT2D eigenvalue weighted by molar-refractivity contribution is 7.98. The molecule has 140 valence electrons. The number of carbonyl (C=O) groups is 2. The van der Waals surface area contributed by atoms with Crippen LogP contribution in [-0.2, 0) is 19.7 Å². The van der Waals surface area contributed by atoms with Crippen LogP contribution in [0.4, 0.5) is 0 Å². The Balaban J connectivity index is 2.74. The van der Waals surface area contributed by atoms with Gasteiger partial charge < -0.3 is 14.8 Å². The Kier molecular flexibility index (Phi) is 9.00. The highest BCUT2D eigenvalue weighted by Gasteiger charge is 2.23.